The molecular weight excluding hydrogens is 506 g/mol. The zero-order chi connectivity index (χ0) is 28.1. The number of amides is 1. The molecule has 0 atom stereocenters. The molecule has 0 aliphatic carbocycles. The maximum atomic E-state index is 13.6. The van der Waals surface area contributed by atoms with Crippen LogP contribution in [0.3, 0.4) is 0 Å². The molecule has 3 aliphatic heterocycles. The highest BCUT2D eigenvalue weighted by atomic mass is 16.5. The first-order valence-corrected chi connectivity index (χ1v) is 14.2. The summed E-state index contributed by atoms with van der Waals surface area (Å²) >= 11 is 0. The fourth-order valence-corrected chi connectivity index (χ4v) is 5.68. The third-order valence-electron chi connectivity index (χ3n) is 7.96. The van der Waals surface area contributed by atoms with Gasteiger partial charge in [0.25, 0.3) is 5.91 Å². The molecule has 0 bridgehead atoms. The number of anilines is 3. The van der Waals surface area contributed by atoms with Crippen LogP contribution in [0.4, 0.5) is 17.5 Å². The zero-order valence-corrected chi connectivity index (χ0v) is 23.9. The monoisotopic (exact) mass is 547 g/mol. The number of carbonyl (C=O) groups is 1. The lowest BCUT2D eigenvalue weighted by atomic mass is 10.0. The number of nitrogens with zero attached hydrogens (tertiary/aromatic N) is 7. The average Bonchev–Trinajstić information content (AvgIpc) is 3.43. The van der Waals surface area contributed by atoms with Gasteiger partial charge in [0.15, 0.2) is 0 Å². The molecular formula is C29H41N9O2. The van der Waals surface area contributed by atoms with Crippen molar-refractivity contribution in [3.05, 3.63) is 46.8 Å². The lowest BCUT2D eigenvalue weighted by molar-refractivity contribution is 0.0642. The molecule has 0 radical (unpaired) electrons. The normalized spacial score (nSPS) is 18.5. The number of hydrogen-bond donors (Lipinski definition) is 2. The number of aromatic nitrogens is 2. The molecule has 214 valence electrons. The predicted octanol–water partition coefficient (Wildman–Crippen LogP) is 1.64. The number of rotatable bonds is 8. The largest absolute Gasteiger partial charge is 0.378 e. The van der Waals surface area contributed by atoms with Gasteiger partial charge >= 0.3 is 0 Å². The Labute approximate surface area is 236 Å². The molecule has 0 unspecified atom stereocenters. The summed E-state index contributed by atoms with van der Waals surface area (Å²) in [7, 11) is 1.75. The number of benzene rings is 1. The van der Waals surface area contributed by atoms with Crippen molar-refractivity contribution in [1.82, 2.24) is 25.1 Å². The molecule has 3 aliphatic rings. The van der Waals surface area contributed by atoms with Crippen molar-refractivity contribution in [2.45, 2.75) is 20.3 Å². The average molecular weight is 548 g/mol. The fraction of sp³-hybridized carbons (Fsp3) is 0.517. The number of nitrogens with one attached hydrogen (secondary N) is 1. The van der Waals surface area contributed by atoms with Gasteiger partial charge in [0.05, 0.1) is 25.6 Å². The molecule has 2 aromatic rings. The minimum absolute atomic E-state index is 0.101. The molecule has 3 N–H and O–H groups in total. The van der Waals surface area contributed by atoms with Crippen molar-refractivity contribution in [3.8, 4) is 0 Å². The van der Waals surface area contributed by atoms with Crippen LogP contribution in [-0.2, 0) is 11.2 Å². The molecule has 2 fully saturated rings. The Morgan fingerprint density at radius 3 is 2.60 bits per heavy atom. The number of nitrogens with two attached hydrogens (primary N) is 1. The Morgan fingerprint density at radius 1 is 1.12 bits per heavy atom. The van der Waals surface area contributed by atoms with Gasteiger partial charge in [0.2, 0.25) is 5.95 Å². The van der Waals surface area contributed by atoms with E-state index in [-0.39, 0.29) is 5.91 Å². The van der Waals surface area contributed by atoms with Crippen LogP contribution in [0.25, 0.3) is 5.57 Å². The van der Waals surface area contributed by atoms with E-state index in [4.69, 9.17) is 20.4 Å². The first-order chi connectivity index (χ1) is 19.5. The highest BCUT2D eigenvalue weighted by Crippen LogP contribution is 2.39. The fourth-order valence-electron chi connectivity index (χ4n) is 5.68. The van der Waals surface area contributed by atoms with Crippen LogP contribution in [0, 0.1) is 6.92 Å². The molecule has 1 amide bonds. The number of ether oxygens (including phenoxy) is 1. The van der Waals surface area contributed by atoms with Crippen LogP contribution in [0.1, 0.15) is 34.1 Å². The number of carbonyl (C=O) groups excluding carboxylic acids is 1. The van der Waals surface area contributed by atoms with Crippen LogP contribution in [0.2, 0.25) is 0 Å². The van der Waals surface area contributed by atoms with Crippen LogP contribution in [0.5, 0.6) is 0 Å². The molecule has 0 saturated carbocycles. The Kier molecular flexibility index (Phi) is 8.93. The van der Waals surface area contributed by atoms with E-state index in [1.54, 1.807) is 13.3 Å². The second kappa shape index (κ2) is 12.8. The number of fused-ring (bicyclic) bond motifs is 1. The SMILES string of the molecule is CCN1CCN(C(=O)c2cccc(N3CCc4c(C(C=NC)=CNCN)nc(N5CCOCC5)nc43)c2C)CC1. The summed E-state index contributed by atoms with van der Waals surface area (Å²) in [6, 6.07) is 6.03. The number of allylic oxidation sites excluding steroid dienone is 1. The van der Waals surface area contributed by atoms with Crippen LogP contribution in [0.15, 0.2) is 29.4 Å². The lowest BCUT2D eigenvalue weighted by Crippen LogP contribution is -2.48. The highest BCUT2D eigenvalue weighted by Gasteiger charge is 2.31. The van der Waals surface area contributed by atoms with Gasteiger partial charge in [-0.3, -0.25) is 9.79 Å². The molecule has 5 rings (SSSR count). The molecule has 1 aromatic heterocycles. The van der Waals surface area contributed by atoms with E-state index in [1.165, 1.54) is 0 Å². The molecule has 40 heavy (non-hydrogen) atoms. The Morgan fingerprint density at radius 2 is 1.90 bits per heavy atom. The topological polar surface area (TPSA) is 115 Å². The second-order valence-corrected chi connectivity index (χ2v) is 10.2. The summed E-state index contributed by atoms with van der Waals surface area (Å²) in [4.78, 5) is 36.8. The smallest absolute Gasteiger partial charge is 0.254 e. The van der Waals surface area contributed by atoms with Crippen molar-refractivity contribution >= 4 is 35.1 Å². The van der Waals surface area contributed by atoms with Crippen LogP contribution < -0.4 is 20.9 Å². The molecule has 0 spiro atoms. The zero-order valence-electron chi connectivity index (χ0n) is 23.9. The van der Waals surface area contributed by atoms with Gasteiger partial charge in [0, 0.05) is 87.7 Å². The Hall–Kier alpha value is -3.54. The lowest BCUT2D eigenvalue weighted by Gasteiger charge is -2.34. The minimum Gasteiger partial charge on any atom is -0.378 e. The Balaban J connectivity index is 1.53. The quantitative estimate of drug-likeness (QED) is 0.376. The maximum Gasteiger partial charge on any atom is 0.254 e. The molecule has 2 saturated heterocycles. The van der Waals surface area contributed by atoms with Crippen molar-refractivity contribution in [2.24, 2.45) is 10.7 Å². The molecule has 4 heterocycles. The van der Waals surface area contributed by atoms with Gasteiger partial charge in [-0.1, -0.05) is 13.0 Å². The van der Waals surface area contributed by atoms with Gasteiger partial charge < -0.3 is 35.4 Å². The van der Waals surface area contributed by atoms with Gasteiger partial charge in [-0.2, -0.15) is 4.98 Å². The summed E-state index contributed by atoms with van der Waals surface area (Å²) in [5, 5.41) is 3.10. The summed E-state index contributed by atoms with van der Waals surface area (Å²) in [6.07, 6.45) is 4.45. The number of piperazine rings is 1. The van der Waals surface area contributed by atoms with Crippen molar-refractivity contribution in [2.75, 3.05) is 89.1 Å². The third kappa shape index (κ3) is 5.67. The van der Waals surface area contributed by atoms with Crippen LogP contribution in [-0.4, -0.2) is 111 Å². The van der Waals surface area contributed by atoms with Gasteiger partial charge in [0.1, 0.15) is 5.82 Å². The van der Waals surface area contributed by atoms with E-state index in [9.17, 15) is 4.79 Å². The van der Waals surface area contributed by atoms with Gasteiger partial charge in [-0.05, 0) is 37.6 Å². The number of aliphatic imine (C=N–C) groups is 1. The number of hydrogen-bond acceptors (Lipinski definition) is 10. The molecule has 1 aromatic carbocycles. The molecule has 11 heteroatoms. The number of likely N-dealkylation sites (N-methyl/N-ethyl adjacent to an activating group) is 1. The van der Waals surface area contributed by atoms with Gasteiger partial charge in [-0.15, -0.1) is 0 Å². The molecule has 11 nitrogen and oxygen atoms in total. The number of morpholine rings is 1. The summed E-state index contributed by atoms with van der Waals surface area (Å²) in [5.41, 5.74) is 11.2. The standard InChI is InChI=1S/C29H41N9O2/c1-4-35-10-12-36(13-11-35)28(39)23-6-5-7-25(21(23)2)38-9-8-24-26(22(18-31-3)19-32-20-30)33-29(34-27(24)38)37-14-16-40-17-15-37/h5-7,18-19,32H,4,8-17,20,30H2,1-3H3. The van der Waals surface area contributed by atoms with E-state index < -0.39 is 0 Å². The minimum atomic E-state index is 0.101. The van der Waals surface area contributed by atoms with E-state index >= 15 is 0 Å². The third-order valence-corrected chi connectivity index (χ3v) is 7.96. The van der Waals surface area contributed by atoms with E-state index in [0.717, 1.165) is 98.2 Å². The summed E-state index contributed by atoms with van der Waals surface area (Å²) < 4.78 is 5.58. The van der Waals surface area contributed by atoms with Crippen molar-refractivity contribution in [1.29, 1.82) is 0 Å². The van der Waals surface area contributed by atoms with E-state index in [1.807, 2.05) is 30.2 Å². The first kappa shape index (κ1) is 28.0. The van der Waals surface area contributed by atoms with Crippen LogP contribution >= 0.6 is 0 Å². The van der Waals surface area contributed by atoms with E-state index in [0.29, 0.717) is 25.8 Å². The Bertz CT molecular complexity index is 1260. The van der Waals surface area contributed by atoms with Crippen molar-refractivity contribution < 1.29 is 9.53 Å². The summed E-state index contributed by atoms with van der Waals surface area (Å²) in [5.74, 6) is 1.65. The second-order valence-electron chi connectivity index (χ2n) is 10.2. The maximum absolute atomic E-state index is 13.6. The van der Waals surface area contributed by atoms with E-state index in [2.05, 4.69) is 38.0 Å². The van der Waals surface area contributed by atoms with Crippen molar-refractivity contribution in [3.63, 3.8) is 0 Å². The summed E-state index contributed by atoms with van der Waals surface area (Å²) in [6.45, 7) is 12.4. The first-order valence-electron chi connectivity index (χ1n) is 14.2. The predicted molar refractivity (Wildman–Crippen MR) is 160 cm³/mol. The van der Waals surface area contributed by atoms with Gasteiger partial charge in [-0.25, -0.2) is 4.98 Å². The highest BCUT2D eigenvalue weighted by molar-refractivity contribution is 6.10.